The van der Waals surface area contributed by atoms with Crippen molar-refractivity contribution in [2.45, 2.75) is 33.3 Å². The summed E-state index contributed by atoms with van der Waals surface area (Å²) in [7, 11) is 1.46. The van der Waals surface area contributed by atoms with Gasteiger partial charge in [0.25, 0.3) is 0 Å². The molecular weight excluding hydrogens is 342 g/mol. The Morgan fingerprint density at radius 3 is 2.63 bits per heavy atom. The van der Waals surface area contributed by atoms with Crippen LogP contribution < -0.4 is 5.32 Å². The zero-order chi connectivity index (χ0) is 19.5. The minimum absolute atomic E-state index is 0.0134. The lowest BCUT2D eigenvalue weighted by Crippen LogP contribution is -2.46. The SMILES string of the molecule is CCNC(=NCC(C)COCc1ccccc1)N1CCC(C(=O)OC)CC1. The first-order valence-corrected chi connectivity index (χ1v) is 9.86. The zero-order valence-corrected chi connectivity index (χ0v) is 16.8. The van der Waals surface area contributed by atoms with Crippen LogP contribution in [0.15, 0.2) is 35.3 Å². The van der Waals surface area contributed by atoms with E-state index in [1.807, 2.05) is 18.2 Å². The second kappa shape index (κ2) is 11.6. The first-order valence-electron chi connectivity index (χ1n) is 9.86. The van der Waals surface area contributed by atoms with E-state index in [0.29, 0.717) is 25.7 Å². The number of nitrogens with zero attached hydrogens (tertiary/aromatic N) is 2. The number of carbonyl (C=O) groups excluding carboxylic acids is 1. The van der Waals surface area contributed by atoms with Gasteiger partial charge in [-0.2, -0.15) is 0 Å². The quantitative estimate of drug-likeness (QED) is 0.430. The Morgan fingerprint density at radius 2 is 2.00 bits per heavy atom. The number of esters is 1. The van der Waals surface area contributed by atoms with Crippen molar-refractivity contribution in [3.05, 3.63) is 35.9 Å². The fourth-order valence-corrected chi connectivity index (χ4v) is 3.17. The average molecular weight is 376 g/mol. The lowest BCUT2D eigenvalue weighted by atomic mass is 9.97. The molecule has 1 N–H and O–H groups in total. The Labute approximate surface area is 162 Å². The summed E-state index contributed by atoms with van der Waals surface area (Å²) < 4.78 is 10.7. The van der Waals surface area contributed by atoms with Gasteiger partial charge in [0.15, 0.2) is 5.96 Å². The van der Waals surface area contributed by atoms with Crippen molar-refractivity contribution in [2.75, 3.05) is 39.9 Å². The van der Waals surface area contributed by atoms with E-state index < -0.39 is 0 Å². The fourth-order valence-electron chi connectivity index (χ4n) is 3.17. The van der Waals surface area contributed by atoms with Gasteiger partial charge in [-0.25, -0.2) is 0 Å². The molecule has 2 rings (SSSR count). The summed E-state index contributed by atoms with van der Waals surface area (Å²) in [4.78, 5) is 18.7. The third-order valence-corrected chi connectivity index (χ3v) is 4.73. The summed E-state index contributed by atoms with van der Waals surface area (Å²) >= 11 is 0. The molecular formula is C21H33N3O3. The highest BCUT2D eigenvalue weighted by atomic mass is 16.5. The van der Waals surface area contributed by atoms with Crippen LogP contribution in [-0.4, -0.2) is 56.7 Å². The molecule has 1 aliphatic rings. The van der Waals surface area contributed by atoms with Crippen LogP contribution in [0.2, 0.25) is 0 Å². The second-order valence-corrected chi connectivity index (χ2v) is 7.09. The Morgan fingerprint density at radius 1 is 1.30 bits per heavy atom. The molecule has 0 saturated carbocycles. The van der Waals surface area contributed by atoms with Crippen LogP contribution in [0.3, 0.4) is 0 Å². The topological polar surface area (TPSA) is 63.2 Å². The number of hydrogen-bond donors (Lipinski definition) is 1. The number of nitrogens with one attached hydrogen (secondary N) is 1. The summed E-state index contributed by atoms with van der Waals surface area (Å²) in [5, 5.41) is 3.37. The van der Waals surface area contributed by atoms with Gasteiger partial charge in [-0.3, -0.25) is 9.79 Å². The molecule has 27 heavy (non-hydrogen) atoms. The third kappa shape index (κ3) is 7.21. The molecule has 1 aromatic rings. The van der Waals surface area contributed by atoms with E-state index in [0.717, 1.165) is 38.4 Å². The second-order valence-electron chi connectivity index (χ2n) is 7.09. The van der Waals surface area contributed by atoms with Crippen LogP contribution >= 0.6 is 0 Å². The lowest BCUT2D eigenvalue weighted by molar-refractivity contribution is -0.146. The van der Waals surface area contributed by atoms with Gasteiger partial charge in [-0.05, 0) is 31.2 Å². The maximum absolute atomic E-state index is 11.7. The number of carbonyl (C=O) groups is 1. The van der Waals surface area contributed by atoms with E-state index in [1.165, 1.54) is 12.7 Å². The van der Waals surface area contributed by atoms with E-state index >= 15 is 0 Å². The van der Waals surface area contributed by atoms with E-state index in [-0.39, 0.29) is 11.9 Å². The summed E-state index contributed by atoms with van der Waals surface area (Å²) in [6, 6.07) is 10.2. The van der Waals surface area contributed by atoms with Gasteiger partial charge in [0.2, 0.25) is 0 Å². The van der Waals surface area contributed by atoms with E-state index in [9.17, 15) is 4.79 Å². The van der Waals surface area contributed by atoms with Crippen LogP contribution in [0.5, 0.6) is 0 Å². The maximum Gasteiger partial charge on any atom is 0.308 e. The molecule has 1 fully saturated rings. The molecule has 1 aromatic carbocycles. The monoisotopic (exact) mass is 375 g/mol. The highest BCUT2D eigenvalue weighted by Gasteiger charge is 2.26. The molecule has 1 saturated heterocycles. The molecule has 1 heterocycles. The van der Waals surface area contributed by atoms with Gasteiger partial charge in [0, 0.05) is 26.2 Å². The summed E-state index contributed by atoms with van der Waals surface area (Å²) in [6.07, 6.45) is 1.62. The van der Waals surface area contributed by atoms with Gasteiger partial charge >= 0.3 is 5.97 Å². The van der Waals surface area contributed by atoms with Crippen molar-refractivity contribution in [1.29, 1.82) is 0 Å². The van der Waals surface area contributed by atoms with Gasteiger partial charge in [-0.15, -0.1) is 0 Å². The van der Waals surface area contributed by atoms with Crippen LogP contribution in [0.4, 0.5) is 0 Å². The van der Waals surface area contributed by atoms with Crippen molar-refractivity contribution in [3.8, 4) is 0 Å². The minimum atomic E-state index is -0.0965. The van der Waals surface area contributed by atoms with E-state index in [1.54, 1.807) is 0 Å². The highest BCUT2D eigenvalue weighted by molar-refractivity contribution is 5.80. The van der Waals surface area contributed by atoms with Gasteiger partial charge < -0.3 is 19.7 Å². The number of hydrogen-bond acceptors (Lipinski definition) is 4. The number of benzene rings is 1. The number of rotatable bonds is 8. The predicted octanol–water partition coefficient (Wildman–Crippen LogP) is 2.69. The Kier molecular flexibility index (Phi) is 9.11. The maximum atomic E-state index is 11.7. The van der Waals surface area contributed by atoms with Crippen molar-refractivity contribution >= 4 is 11.9 Å². The fraction of sp³-hybridized carbons (Fsp3) is 0.619. The van der Waals surface area contributed by atoms with Crippen molar-refractivity contribution in [1.82, 2.24) is 10.2 Å². The molecule has 6 nitrogen and oxygen atoms in total. The molecule has 0 bridgehead atoms. The number of ether oxygens (including phenoxy) is 2. The Hall–Kier alpha value is -2.08. The van der Waals surface area contributed by atoms with Gasteiger partial charge in [-0.1, -0.05) is 37.3 Å². The molecule has 0 radical (unpaired) electrons. The van der Waals surface area contributed by atoms with Gasteiger partial charge in [0.1, 0.15) is 0 Å². The normalized spacial score (nSPS) is 16.9. The molecule has 0 amide bonds. The van der Waals surface area contributed by atoms with Gasteiger partial charge in [0.05, 0.1) is 26.2 Å². The van der Waals surface area contributed by atoms with E-state index in [4.69, 9.17) is 14.5 Å². The molecule has 1 aliphatic heterocycles. The first-order chi connectivity index (χ1) is 13.1. The molecule has 0 aromatic heterocycles. The first kappa shape index (κ1) is 21.2. The third-order valence-electron chi connectivity index (χ3n) is 4.73. The van der Waals surface area contributed by atoms with Crippen molar-refractivity contribution in [3.63, 3.8) is 0 Å². The minimum Gasteiger partial charge on any atom is -0.469 e. The molecule has 1 atom stereocenters. The Balaban J connectivity index is 1.77. The number of piperidine rings is 1. The summed E-state index contributed by atoms with van der Waals surface area (Å²) in [5.74, 6) is 1.19. The molecule has 150 valence electrons. The standard InChI is InChI=1S/C21H33N3O3/c1-4-22-21(24-12-10-19(11-13-24)20(25)26-3)23-14-17(2)15-27-16-18-8-6-5-7-9-18/h5-9,17,19H,4,10-16H2,1-3H3,(H,22,23). The van der Waals surface area contributed by atoms with Crippen molar-refractivity contribution < 1.29 is 14.3 Å². The number of guanidine groups is 1. The molecule has 6 heteroatoms. The van der Waals surface area contributed by atoms with Crippen LogP contribution in [0.25, 0.3) is 0 Å². The Bertz CT molecular complexity index is 584. The molecule has 0 spiro atoms. The smallest absolute Gasteiger partial charge is 0.308 e. The number of aliphatic imine (C=N–C) groups is 1. The lowest BCUT2D eigenvalue weighted by Gasteiger charge is -2.33. The zero-order valence-electron chi connectivity index (χ0n) is 16.8. The van der Waals surface area contributed by atoms with E-state index in [2.05, 4.69) is 36.2 Å². The summed E-state index contributed by atoms with van der Waals surface area (Å²) in [5.41, 5.74) is 1.19. The highest BCUT2D eigenvalue weighted by Crippen LogP contribution is 2.18. The van der Waals surface area contributed by atoms with Crippen LogP contribution in [-0.2, 0) is 20.9 Å². The predicted molar refractivity (Wildman–Crippen MR) is 108 cm³/mol. The average Bonchev–Trinajstić information content (AvgIpc) is 2.71. The van der Waals surface area contributed by atoms with Crippen molar-refractivity contribution in [2.24, 2.45) is 16.8 Å². The summed E-state index contributed by atoms with van der Waals surface area (Å²) in [6.45, 7) is 8.74. The number of methoxy groups -OCH3 is 1. The number of likely N-dealkylation sites (tertiary alicyclic amines) is 1. The molecule has 1 unspecified atom stereocenters. The van der Waals surface area contributed by atoms with Crippen LogP contribution in [0, 0.1) is 11.8 Å². The largest absolute Gasteiger partial charge is 0.469 e. The van der Waals surface area contributed by atoms with Crippen LogP contribution in [0.1, 0.15) is 32.3 Å². The molecule has 0 aliphatic carbocycles.